The summed E-state index contributed by atoms with van der Waals surface area (Å²) in [4.78, 5) is 25.0. The molecule has 2 N–H and O–H groups in total. The summed E-state index contributed by atoms with van der Waals surface area (Å²) < 4.78 is 3.76. The second-order valence-corrected chi connectivity index (χ2v) is 5.25. The molecule has 0 saturated carbocycles. The molecule has 8 heteroatoms. The third kappa shape index (κ3) is 2.74. The predicted molar refractivity (Wildman–Crippen MR) is 67.0 cm³/mol. The van der Waals surface area contributed by atoms with Crippen LogP contribution in [0, 0.1) is 0 Å². The van der Waals surface area contributed by atoms with Gasteiger partial charge in [0.05, 0.1) is 11.8 Å². The number of carboxylic acids is 1. The van der Waals surface area contributed by atoms with Crippen LogP contribution in [0.15, 0.2) is 0 Å². The molecular weight excluding hydrogens is 270 g/mol. The lowest BCUT2D eigenvalue weighted by atomic mass is 10.2. The Morgan fingerprint density at radius 1 is 1.53 bits per heavy atom. The van der Waals surface area contributed by atoms with Crippen LogP contribution in [0.3, 0.4) is 0 Å². The van der Waals surface area contributed by atoms with Crippen molar-refractivity contribution in [2.45, 2.75) is 38.3 Å². The van der Waals surface area contributed by atoms with E-state index in [2.05, 4.69) is 9.59 Å². The summed E-state index contributed by atoms with van der Waals surface area (Å²) in [6.07, 6.45) is 0.735. The molecule has 1 amide bonds. The number of hydrogen-bond donors (Lipinski definition) is 2. The van der Waals surface area contributed by atoms with E-state index in [1.54, 1.807) is 0 Å². The number of amides is 1. The number of aryl methyl sites for hydroxylation is 1. The number of hydrogen-bond acceptors (Lipinski definition) is 6. The highest BCUT2D eigenvalue weighted by atomic mass is 32.1. The van der Waals surface area contributed by atoms with Gasteiger partial charge in [0.1, 0.15) is 10.9 Å². The van der Waals surface area contributed by atoms with Gasteiger partial charge in [0.15, 0.2) is 0 Å². The summed E-state index contributed by atoms with van der Waals surface area (Å²) in [5, 5.41) is 22.5. The fourth-order valence-corrected chi connectivity index (χ4v) is 2.84. The quantitative estimate of drug-likeness (QED) is 0.816. The van der Waals surface area contributed by atoms with Crippen molar-refractivity contribution in [3.63, 3.8) is 0 Å². The molecule has 1 fully saturated rings. The van der Waals surface area contributed by atoms with Gasteiger partial charge >= 0.3 is 5.97 Å². The van der Waals surface area contributed by atoms with Crippen molar-refractivity contribution in [1.29, 1.82) is 0 Å². The zero-order valence-corrected chi connectivity index (χ0v) is 11.3. The van der Waals surface area contributed by atoms with Crippen molar-refractivity contribution >= 4 is 23.4 Å². The molecule has 2 unspecified atom stereocenters. The number of carboxylic acid groups (broad SMARTS) is 1. The summed E-state index contributed by atoms with van der Waals surface area (Å²) in [6, 6.07) is -0.973. The van der Waals surface area contributed by atoms with Gasteiger partial charge in [-0.25, -0.2) is 4.79 Å². The molecule has 2 rings (SSSR count). The fraction of sp³-hybridized carbons (Fsp3) is 0.636. The number of aromatic nitrogens is 2. The van der Waals surface area contributed by atoms with Crippen molar-refractivity contribution in [3.05, 3.63) is 10.6 Å². The molecule has 0 bridgehead atoms. The Labute approximate surface area is 114 Å². The van der Waals surface area contributed by atoms with E-state index in [0.717, 1.165) is 18.0 Å². The Morgan fingerprint density at radius 2 is 2.26 bits per heavy atom. The second kappa shape index (κ2) is 5.62. The van der Waals surface area contributed by atoms with Crippen LogP contribution >= 0.6 is 11.5 Å². The molecule has 104 valence electrons. The van der Waals surface area contributed by atoms with Crippen LogP contribution in [0.1, 0.15) is 35.1 Å². The standard InChI is InChI=1S/C11H15N3O4S/c1-2-3-7-9(19-13-12-7)10(16)14-5-6(15)4-8(14)11(17)18/h6,8,15H,2-5H2,1H3,(H,17,18). The molecule has 1 aromatic rings. The normalized spacial score (nSPS) is 22.7. The number of aliphatic hydroxyl groups excluding tert-OH is 1. The average molecular weight is 285 g/mol. The van der Waals surface area contributed by atoms with Crippen LogP contribution in [0.25, 0.3) is 0 Å². The molecule has 1 aliphatic heterocycles. The molecule has 7 nitrogen and oxygen atoms in total. The number of aliphatic carboxylic acids is 1. The molecule has 19 heavy (non-hydrogen) atoms. The fourth-order valence-electron chi connectivity index (χ4n) is 2.17. The number of nitrogens with zero attached hydrogens (tertiary/aromatic N) is 3. The molecule has 0 spiro atoms. The van der Waals surface area contributed by atoms with Crippen molar-refractivity contribution in [2.24, 2.45) is 0 Å². The monoisotopic (exact) mass is 285 g/mol. The minimum Gasteiger partial charge on any atom is -0.480 e. The lowest BCUT2D eigenvalue weighted by Gasteiger charge is -2.20. The lowest BCUT2D eigenvalue weighted by Crippen LogP contribution is -2.40. The Hall–Kier alpha value is -1.54. The topological polar surface area (TPSA) is 104 Å². The Bertz CT molecular complexity index is 490. The zero-order valence-electron chi connectivity index (χ0n) is 10.4. The SMILES string of the molecule is CCCc1nnsc1C(=O)N1CC(O)CC1C(=O)O. The first kappa shape index (κ1) is 13.9. The molecule has 1 saturated heterocycles. The maximum atomic E-state index is 12.3. The highest BCUT2D eigenvalue weighted by Crippen LogP contribution is 2.23. The van der Waals surface area contributed by atoms with Gasteiger partial charge in [0.2, 0.25) is 0 Å². The van der Waals surface area contributed by atoms with Crippen LogP contribution in [0.2, 0.25) is 0 Å². The van der Waals surface area contributed by atoms with Gasteiger partial charge in [-0.3, -0.25) is 4.79 Å². The number of rotatable bonds is 4. The van der Waals surface area contributed by atoms with Gasteiger partial charge in [-0.1, -0.05) is 17.8 Å². The van der Waals surface area contributed by atoms with E-state index >= 15 is 0 Å². The number of aliphatic hydroxyl groups is 1. The Balaban J connectivity index is 2.22. The summed E-state index contributed by atoms with van der Waals surface area (Å²) in [5.41, 5.74) is 0.600. The van der Waals surface area contributed by atoms with Gasteiger partial charge in [-0.2, -0.15) is 0 Å². The lowest BCUT2D eigenvalue weighted by molar-refractivity contribution is -0.141. The van der Waals surface area contributed by atoms with Gasteiger partial charge in [-0.15, -0.1) is 5.10 Å². The van der Waals surface area contributed by atoms with E-state index in [4.69, 9.17) is 5.11 Å². The van der Waals surface area contributed by atoms with Crippen LogP contribution in [0.4, 0.5) is 0 Å². The van der Waals surface area contributed by atoms with Crippen LogP contribution < -0.4 is 0 Å². The van der Waals surface area contributed by atoms with Crippen LogP contribution in [-0.4, -0.2) is 55.3 Å². The minimum atomic E-state index is -1.10. The molecule has 1 aliphatic rings. The van der Waals surface area contributed by atoms with Gasteiger partial charge < -0.3 is 15.1 Å². The van der Waals surface area contributed by atoms with E-state index in [1.807, 2.05) is 6.92 Å². The molecule has 2 heterocycles. The number of β-amino-alcohol motifs (C(OH)–C–C–N with tert-alkyl or cyclic N) is 1. The van der Waals surface area contributed by atoms with E-state index < -0.39 is 24.0 Å². The number of likely N-dealkylation sites (tertiary alicyclic amines) is 1. The first-order valence-electron chi connectivity index (χ1n) is 6.07. The van der Waals surface area contributed by atoms with Gasteiger partial charge in [-0.05, 0) is 18.0 Å². The third-order valence-corrected chi connectivity index (χ3v) is 3.82. The largest absolute Gasteiger partial charge is 0.480 e. The first-order valence-corrected chi connectivity index (χ1v) is 6.85. The maximum absolute atomic E-state index is 12.3. The van der Waals surface area contributed by atoms with Crippen molar-refractivity contribution in [2.75, 3.05) is 6.54 Å². The zero-order chi connectivity index (χ0) is 14.0. The van der Waals surface area contributed by atoms with Gasteiger partial charge in [0.25, 0.3) is 5.91 Å². The van der Waals surface area contributed by atoms with Gasteiger partial charge in [0, 0.05) is 13.0 Å². The van der Waals surface area contributed by atoms with E-state index in [0.29, 0.717) is 17.0 Å². The number of carbonyl (C=O) groups excluding carboxylic acids is 1. The van der Waals surface area contributed by atoms with Crippen LogP contribution in [-0.2, 0) is 11.2 Å². The van der Waals surface area contributed by atoms with E-state index in [9.17, 15) is 14.7 Å². The Morgan fingerprint density at radius 3 is 2.89 bits per heavy atom. The molecule has 2 atom stereocenters. The highest BCUT2D eigenvalue weighted by Gasteiger charge is 2.40. The smallest absolute Gasteiger partial charge is 0.326 e. The second-order valence-electron chi connectivity index (χ2n) is 4.50. The Kier molecular flexibility index (Phi) is 4.11. The molecular formula is C11H15N3O4S. The minimum absolute atomic E-state index is 0.0409. The number of carbonyl (C=O) groups is 2. The van der Waals surface area contributed by atoms with E-state index in [1.165, 1.54) is 4.90 Å². The molecule has 0 radical (unpaired) electrons. The highest BCUT2D eigenvalue weighted by molar-refractivity contribution is 7.08. The maximum Gasteiger partial charge on any atom is 0.326 e. The molecule has 1 aromatic heterocycles. The van der Waals surface area contributed by atoms with Crippen LogP contribution in [0.5, 0.6) is 0 Å². The molecule has 0 aliphatic carbocycles. The van der Waals surface area contributed by atoms with Crippen molar-refractivity contribution in [3.8, 4) is 0 Å². The molecule has 0 aromatic carbocycles. The average Bonchev–Trinajstić information content (AvgIpc) is 2.95. The first-order chi connectivity index (χ1) is 9.04. The van der Waals surface area contributed by atoms with Crippen molar-refractivity contribution in [1.82, 2.24) is 14.5 Å². The summed E-state index contributed by atoms with van der Waals surface area (Å²) in [6.45, 7) is 2.01. The predicted octanol–water partition coefficient (Wildman–Crippen LogP) is 0.151. The summed E-state index contributed by atoms with van der Waals surface area (Å²) in [7, 11) is 0. The third-order valence-electron chi connectivity index (χ3n) is 3.06. The van der Waals surface area contributed by atoms with Crippen molar-refractivity contribution < 1.29 is 19.8 Å². The summed E-state index contributed by atoms with van der Waals surface area (Å²) >= 11 is 0.973. The van der Waals surface area contributed by atoms with E-state index in [-0.39, 0.29) is 13.0 Å². The summed E-state index contributed by atoms with van der Waals surface area (Å²) in [5.74, 6) is -1.50.